The molecule has 23 heavy (non-hydrogen) atoms. The van der Waals surface area contributed by atoms with E-state index < -0.39 is 17.8 Å². The summed E-state index contributed by atoms with van der Waals surface area (Å²) < 4.78 is 15.0. The number of hydrogen-bond acceptors (Lipinski definition) is 5. The van der Waals surface area contributed by atoms with E-state index in [1.54, 1.807) is 19.1 Å². The van der Waals surface area contributed by atoms with Crippen molar-refractivity contribution in [1.29, 1.82) is 0 Å². The molecule has 2 atom stereocenters. The first-order valence-electron chi connectivity index (χ1n) is 7.72. The van der Waals surface area contributed by atoms with Gasteiger partial charge < -0.3 is 19.5 Å². The van der Waals surface area contributed by atoms with Gasteiger partial charge in [-0.3, -0.25) is 0 Å². The van der Waals surface area contributed by atoms with Gasteiger partial charge >= 0.3 is 12.2 Å². The van der Waals surface area contributed by atoms with E-state index in [0.29, 0.717) is 5.75 Å². The molecule has 1 N–H and O–H groups in total. The van der Waals surface area contributed by atoms with Crippen LogP contribution in [-0.4, -0.2) is 30.5 Å². The molecular formula is C17H23NO5. The van der Waals surface area contributed by atoms with Gasteiger partial charge in [-0.15, -0.1) is 0 Å². The van der Waals surface area contributed by atoms with Crippen LogP contribution < -0.4 is 10.1 Å². The van der Waals surface area contributed by atoms with Crippen molar-refractivity contribution in [1.82, 2.24) is 5.32 Å². The SMILES string of the molecule is CCOC(=O)Oc1ccc(C2CC2NC(=O)OC(C)(C)C)cc1. The van der Waals surface area contributed by atoms with Crippen LogP contribution in [-0.2, 0) is 9.47 Å². The molecule has 1 amide bonds. The number of carbonyl (C=O) groups is 2. The average molecular weight is 321 g/mol. The highest BCUT2D eigenvalue weighted by Gasteiger charge is 2.40. The molecule has 6 heteroatoms. The minimum absolute atomic E-state index is 0.0849. The maximum Gasteiger partial charge on any atom is 0.513 e. The molecule has 1 saturated carbocycles. The second-order valence-electron chi connectivity index (χ2n) is 6.45. The number of ether oxygens (including phenoxy) is 3. The van der Waals surface area contributed by atoms with E-state index in [1.165, 1.54) is 0 Å². The predicted octanol–water partition coefficient (Wildman–Crippen LogP) is 3.60. The summed E-state index contributed by atoms with van der Waals surface area (Å²) in [5.41, 5.74) is 0.586. The molecule has 126 valence electrons. The number of alkyl carbamates (subject to hydrolysis) is 1. The highest BCUT2D eigenvalue weighted by molar-refractivity contribution is 5.69. The molecule has 1 aliphatic carbocycles. The number of nitrogens with one attached hydrogen (secondary N) is 1. The van der Waals surface area contributed by atoms with E-state index in [9.17, 15) is 9.59 Å². The van der Waals surface area contributed by atoms with Crippen molar-refractivity contribution in [2.24, 2.45) is 0 Å². The fourth-order valence-electron chi connectivity index (χ4n) is 2.21. The third-order valence-electron chi connectivity index (χ3n) is 3.26. The van der Waals surface area contributed by atoms with Crippen molar-refractivity contribution in [3.63, 3.8) is 0 Å². The summed E-state index contributed by atoms with van der Waals surface area (Å²) in [6.45, 7) is 7.49. The van der Waals surface area contributed by atoms with Crippen LogP contribution in [0.25, 0.3) is 0 Å². The maximum atomic E-state index is 11.7. The summed E-state index contributed by atoms with van der Waals surface area (Å²) in [4.78, 5) is 22.9. The second kappa shape index (κ2) is 6.89. The Hall–Kier alpha value is -2.24. The number of hydrogen-bond donors (Lipinski definition) is 1. The van der Waals surface area contributed by atoms with E-state index in [-0.39, 0.29) is 18.6 Å². The monoisotopic (exact) mass is 321 g/mol. The minimum Gasteiger partial charge on any atom is -0.444 e. The van der Waals surface area contributed by atoms with Gasteiger partial charge in [0.1, 0.15) is 11.4 Å². The Morgan fingerprint density at radius 3 is 2.43 bits per heavy atom. The molecule has 0 saturated heterocycles. The van der Waals surface area contributed by atoms with Crippen molar-refractivity contribution < 1.29 is 23.8 Å². The van der Waals surface area contributed by atoms with Crippen molar-refractivity contribution in [2.45, 2.75) is 51.7 Å². The maximum absolute atomic E-state index is 11.7. The number of amides is 1. The molecule has 1 aliphatic rings. The van der Waals surface area contributed by atoms with E-state index in [1.807, 2.05) is 32.9 Å². The standard InChI is InChI=1S/C17H23NO5/c1-5-21-16(20)22-12-8-6-11(7-9-12)13-10-14(13)18-15(19)23-17(2,3)4/h6-9,13-14H,5,10H2,1-4H3,(H,18,19). The van der Waals surface area contributed by atoms with Crippen molar-refractivity contribution in [3.05, 3.63) is 29.8 Å². The lowest BCUT2D eigenvalue weighted by molar-refractivity contribution is 0.0522. The second-order valence-corrected chi connectivity index (χ2v) is 6.45. The van der Waals surface area contributed by atoms with Crippen LogP contribution in [0.15, 0.2) is 24.3 Å². The zero-order chi connectivity index (χ0) is 17.0. The molecule has 0 heterocycles. The molecule has 2 rings (SSSR count). The van der Waals surface area contributed by atoms with Crippen LogP contribution in [0, 0.1) is 0 Å². The topological polar surface area (TPSA) is 73.9 Å². The molecule has 0 spiro atoms. The molecule has 1 aromatic rings. The van der Waals surface area contributed by atoms with Crippen LogP contribution in [0.1, 0.15) is 45.6 Å². The summed E-state index contributed by atoms with van der Waals surface area (Å²) in [5.74, 6) is 0.698. The summed E-state index contributed by atoms with van der Waals surface area (Å²) in [6.07, 6.45) is -0.236. The lowest BCUT2D eigenvalue weighted by atomic mass is 10.1. The first-order chi connectivity index (χ1) is 10.8. The van der Waals surface area contributed by atoms with Gasteiger partial charge in [-0.2, -0.15) is 0 Å². The van der Waals surface area contributed by atoms with Crippen molar-refractivity contribution >= 4 is 12.2 Å². The molecule has 6 nitrogen and oxygen atoms in total. The van der Waals surface area contributed by atoms with Gasteiger partial charge in [0, 0.05) is 12.0 Å². The summed E-state index contributed by atoms with van der Waals surface area (Å²) in [5, 5.41) is 2.86. The molecule has 0 aliphatic heterocycles. The number of rotatable bonds is 4. The van der Waals surface area contributed by atoms with Crippen LogP contribution in [0.4, 0.5) is 9.59 Å². The fraction of sp³-hybridized carbons (Fsp3) is 0.529. The fourth-order valence-corrected chi connectivity index (χ4v) is 2.21. The largest absolute Gasteiger partial charge is 0.513 e. The number of benzene rings is 1. The van der Waals surface area contributed by atoms with Crippen LogP contribution >= 0.6 is 0 Å². The van der Waals surface area contributed by atoms with Gasteiger partial charge in [-0.25, -0.2) is 9.59 Å². The molecule has 0 radical (unpaired) electrons. The zero-order valence-electron chi connectivity index (χ0n) is 13.9. The third-order valence-corrected chi connectivity index (χ3v) is 3.26. The van der Waals surface area contributed by atoms with Crippen molar-refractivity contribution in [2.75, 3.05) is 6.61 Å². The summed E-state index contributed by atoms with van der Waals surface area (Å²) in [7, 11) is 0. The quantitative estimate of drug-likeness (QED) is 0.677. The third kappa shape index (κ3) is 5.47. The highest BCUT2D eigenvalue weighted by Crippen LogP contribution is 2.41. The molecule has 0 bridgehead atoms. The Labute approximate surface area is 136 Å². The molecular weight excluding hydrogens is 298 g/mol. The predicted molar refractivity (Wildman–Crippen MR) is 84.6 cm³/mol. The van der Waals surface area contributed by atoms with Crippen LogP contribution in [0.2, 0.25) is 0 Å². The first-order valence-corrected chi connectivity index (χ1v) is 7.72. The van der Waals surface area contributed by atoms with Crippen LogP contribution in [0.3, 0.4) is 0 Å². The van der Waals surface area contributed by atoms with Gasteiger partial charge in [0.15, 0.2) is 0 Å². The first kappa shape index (κ1) is 17.1. The normalized spacial score (nSPS) is 19.7. The Balaban J connectivity index is 1.83. The molecule has 2 unspecified atom stereocenters. The lowest BCUT2D eigenvalue weighted by Crippen LogP contribution is -2.34. The van der Waals surface area contributed by atoms with Gasteiger partial charge in [0.25, 0.3) is 0 Å². The average Bonchev–Trinajstić information content (AvgIpc) is 3.16. The van der Waals surface area contributed by atoms with Gasteiger partial charge in [-0.1, -0.05) is 12.1 Å². The Kier molecular flexibility index (Phi) is 5.13. The van der Waals surface area contributed by atoms with E-state index in [0.717, 1.165) is 12.0 Å². The number of carbonyl (C=O) groups excluding carboxylic acids is 2. The van der Waals surface area contributed by atoms with E-state index in [4.69, 9.17) is 14.2 Å². The summed E-state index contributed by atoms with van der Waals surface area (Å²) in [6, 6.07) is 7.29. The van der Waals surface area contributed by atoms with E-state index in [2.05, 4.69) is 5.32 Å². The Morgan fingerprint density at radius 1 is 1.22 bits per heavy atom. The molecule has 1 aromatic carbocycles. The zero-order valence-corrected chi connectivity index (χ0v) is 13.9. The smallest absolute Gasteiger partial charge is 0.444 e. The Morgan fingerprint density at radius 2 is 1.87 bits per heavy atom. The van der Waals surface area contributed by atoms with Crippen LogP contribution in [0.5, 0.6) is 5.75 Å². The van der Waals surface area contributed by atoms with Gasteiger partial charge in [0.05, 0.1) is 6.61 Å². The molecule has 0 aromatic heterocycles. The summed E-state index contributed by atoms with van der Waals surface area (Å²) >= 11 is 0. The van der Waals surface area contributed by atoms with Crippen molar-refractivity contribution in [3.8, 4) is 5.75 Å². The van der Waals surface area contributed by atoms with E-state index >= 15 is 0 Å². The van der Waals surface area contributed by atoms with Gasteiger partial charge in [0.2, 0.25) is 0 Å². The van der Waals surface area contributed by atoms with Gasteiger partial charge in [-0.05, 0) is 51.8 Å². The minimum atomic E-state index is -0.712. The highest BCUT2D eigenvalue weighted by atomic mass is 16.7. The Bertz CT molecular complexity index is 561. The molecule has 1 fully saturated rings. The lowest BCUT2D eigenvalue weighted by Gasteiger charge is -2.19.